The number of rotatable bonds is 9. The molecular formula is C29H38FNO10. The number of carbonyl (C=O) groups is 3. The number of ether oxygens (including phenoxy) is 3. The number of hydrogen-bond acceptors (Lipinski definition) is 10. The first-order valence-electron chi connectivity index (χ1n) is 14.3. The lowest BCUT2D eigenvalue weighted by Crippen LogP contribution is -2.70. The summed E-state index contributed by atoms with van der Waals surface area (Å²) < 4.78 is 35.4. The summed E-state index contributed by atoms with van der Waals surface area (Å²) in [4.78, 5) is 52.9. The van der Waals surface area contributed by atoms with E-state index >= 15 is 4.39 Å². The number of nitrogens with zero attached hydrogens (tertiary/aromatic N) is 1. The predicted octanol–water partition coefficient (Wildman–Crippen LogP) is 3.35. The molecule has 11 nitrogen and oxygen atoms in total. The second-order valence-electron chi connectivity index (χ2n) is 12.9. The molecule has 1 unspecified atom stereocenters. The van der Waals surface area contributed by atoms with E-state index in [0.717, 1.165) is 0 Å². The number of aliphatic hydroxyl groups is 1. The predicted molar refractivity (Wildman–Crippen MR) is 139 cm³/mol. The Morgan fingerprint density at radius 3 is 2.66 bits per heavy atom. The van der Waals surface area contributed by atoms with Gasteiger partial charge in [-0.05, 0) is 77.4 Å². The lowest BCUT2D eigenvalue weighted by Gasteiger charge is -2.62. The van der Waals surface area contributed by atoms with Gasteiger partial charge in [-0.15, -0.1) is 10.1 Å². The molecule has 4 fully saturated rings. The number of carbonyl (C=O) groups excluding carboxylic acids is 3. The average molecular weight is 580 g/mol. The normalized spacial score (nSPS) is 41.9. The molecule has 8 atom stereocenters. The number of Topliss-reactive ketones (excluding diaryl/α,β-unsaturated/α-hetero) is 1. The third-order valence-electron chi connectivity index (χ3n) is 10.4. The number of alkyl halides is 1. The van der Waals surface area contributed by atoms with Gasteiger partial charge in [0.25, 0.3) is 5.09 Å². The van der Waals surface area contributed by atoms with Gasteiger partial charge in [-0.3, -0.25) is 14.4 Å². The van der Waals surface area contributed by atoms with Crippen molar-refractivity contribution in [2.24, 2.45) is 22.7 Å². The maximum Gasteiger partial charge on any atom is 0.306 e. The van der Waals surface area contributed by atoms with Crippen LogP contribution in [-0.4, -0.2) is 70.2 Å². The second kappa shape index (κ2) is 9.95. The van der Waals surface area contributed by atoms with Crippen molar-refractivity contribution in [1.82, 2.24) is 0 Å². The van der Waals surface area contributed by atoms with Crippen molar-refractivity contribution in [3.05, 3.63) is 33.9 Å². The second-order valence-corrected chi connectivity index (χ2v) is 12.9. The van der Waals surface area contributed by atoms with E-state index in [1.165, 1.54) is 12.2 Å². The van der Waals surface area contributed by atoms with Gasteiger partial charge in [-0.2, -0.15) is 0 Å². The summed E-state index contributed by atoms with van der Waals surface area (Å²) in [5, 5.41) is 21.0. The van der Waals surface area contributed by atoms with E-state index in [9.17, 15) is 29.6 Å². The number of allylic oxidation sites excluding steroid dienone is 4. The molecule has 5 rings (SSSR count). The number of unbranched alkanes of at least 4 members (excludes halogenated alkanes) is 1. The number of hydrogen-bond donors (Lipinski definition) is 1. The van der Waals surface area contributed by atoms with Crippen LogP contribution in [0.15, 0.2) is 23.8 Å². The van der Waals surface area contributed by atoms with E-state index in [1.807, 2.05) is 6.92 Å². The minimum atomic E-state index is -2.07. The van der Waals surface area contributed by atoms with E-state index in [2.05, 4.69) is 4.84 Å². The van der Waals surface area contributed by atoms with E-state index in [-0.39, 0.29) is 44.0 Å². The highest BCUT2D eigenvalue weighted by Gasteiger charge is 2.80. The van der Waals surface area contributed by atoms with E-state index < -0.39 is 69.5 Å². The van der Waals surface area contributed by atoms with Gasteiger partial charge in [0, 0.05) is 23.2 Å². The fourth-order valence-electron chi connectivity index (χ4n) is 8.64. The van der Waals surface area contributed by atoms with Crippen LogP contribution >= 0.6 is 0 Å². The van der Waals surface area contributed by atoms with Crippen LogP contribution in [0.3, 0.4) is 0 Å². The Hall–Kier alpha value is -2.70. The molecule has 0 amide bonds. The highest BCUT2D eigenvalue weighted by Crippen LogP contribution is 2.72. The molecule has 5 aliphatic rings. The molecule has 4 aliphatic carbocycles. The topological polar surface area (TPSA) is 152 Å². The molecule has 0 radical (unpaired) electrons. The Bertz CT molecular complexity index is 1220. The van der Waals surface area contributed by atoms with Crippen LogP contribution in [0.5, 0.6) is 0 Å². The SMILES string of the molecule is CC1(C)O[C@@H]2C[C@H]3C4CCC5=CC(=O)C=C[C@]5(C)[C@@]4(F)[C@@H](O)C[C@]3(C)[C@]2(C(=O)COC(=O)CCCCO[N+](=O)[O-])O1. The van der Waals surface area contributed by atoms with E-state index in [4.69, 9.17) is 14.2 Å². The van der Waals surface area contributed by atoms with Crippen molar-refractivity contribution in [3.8, 4) is 0 Å². The summed E-state index contributed by atoms with van der Waals surface area (Å²) >= 11 is 0. The smallest absolute Gasteiger partial charge is 0.306 e. The zero-order chi connectivity index (χ0) is 30.0. The number of esters is 1. The zero-order valence-corrected chi connectivity index (χ0v) is 23.9. The zero-order valence-electron chi connectivity index (χ0n) is 23.9. The van der Waals surface area contributed by atoms with E-state index in [0.29, 0.717) is 24.8 Å². The van der Waals surface area contributed by atoms with Crippen LogP contribution in [0.1, 0.15) is 72.6 Å². The molecule has 1 N–H and O–H groups in total. The maximum absolute atomic E-state index is 17.5. The van der Waals surface area contributed by atoms with Crippen LogP contribution in [0, 0.1) is 32.8 Å². The Kier molecular flexibility index (Phi) is 7.22. The summed E-state index contributed by atoms with van der Waals surface area (Å²) in [6.45, 7) is 6.23. The van der Waals surface area contributed by atoms with Crippen molar-refractivity contribution >= 4 is 17.5 Å². The fourth-order valence-corrected chi connectivity index (χ4v) is 8.64. The van der Waals surface area contributed by atoms with Gasteiger partial charge >= 0.3 is 5.97 Å². The minimum Gasteiger partial charge on any atom is -0.458 e. The molecule has 1 heterocycles. The summed E-state index contributed by atoms with van der Waals surface area (Å²) in [5.74, 6) is -3.50. The molecule has 12 heteroatoms. The molecule has 3 saturated carbocycles. The van der Waals surface area contributed by atoms with Crippen molar-refractivity contribution in [1.29, 1.82) is 0 Å². The molecule has 1 aliphatic heterocycles. The number of ketones is 2. The van der Waals surface area contributed by atoms with Crippen LogP contribution in [0.4, 0.5) is 4.39 Å². The molecule has 226 valence electrons. The lowest BCUT2D eigenvalue weighted by atomic mass is 9.44. The number of aliphatic hydroxyl groups excluding tert-OH is 1. The van der Waals surface area contributed by atoms with Gasteiger partial charge in [0.05, 0.1) is 18.8 Å². The van der Waals surface area contributed by atoms with Crippen molar-refractivity contribution < 1.29 is 48.0 Å². The van der Waals surface area contributed by atoms with Gasteiger partial charge in [0.2, 0.25) is 5.78 Å². The molecule has 41 heavy (non-hydrogen) atoms. The van der Waals surface area contributed by atoms with E-state index in [1.54, 1.807) is 26.8 Å². The molecule has 0 spiro atoms. The maximum atomic E-state index is 17.5. The third kappa shape index (κ3) is 4.36. The largest absolute Gasteiger partial charge is 0.458 e. The summed E-state index contributed by atoms with van der Waals surface area (Å²) in [6, 6.07) is 0. The van der Waals surface area contributed by atoms with Crippen molar-refractivity contribution in [3.63, 3.8) is 0 Å². The Balaban J connectivity index is 1.38. The monoisotopic (exact) mass is 579 g/mol. The highest BCUT2D eigenvalue weighted by molar-refractivity contribution is 6.01. The quantitative estimate of drug-likeness (QED) is 0.186. The van der Waals surface area contributed by atoms with Crippen LogP contribution in [-0.2, 0) is 33.4 Å². The molecule has 0 aromatic heterocycles. The van der Waals surface area contributed by atoms with Gasteiger partial charge in [0.1, 0.15) is 0 Å². The molecule has 0 aromatic rings. The summed E-state index contributed by atoms with van der Waals surface area (Å²) in [7, 11) is 0. The van der Waals surface area contributed by atoms with Gasteiger partial charge < -0.3 is 24.2 Å². The van der Waals surface area contributed by atoms with Gasteiger partial charge in [0.15, 0.2) is 29.4 Å². The average Bonchev–Trinajstić information content (AvgIpc) is 3.29. The minimum absolute atomic E-state index is 0.0524. The lowest BCUT2D eigenvalue weighted by molar-refractivity contribution is -0.757. The fraction of sp³-hybridized carbons (Fsp3) is 0.759. The first-order valence-corrected chi connectivity index (χ1v) is 14.3. The van der Waals surface area contributed by atoms with Crippen molar-refractivity contribution in [2.45, 2.75) is 102 Å². The number of fused-ring (bicyclic) bond motifs is 7. The highest BCUT2D eigenvalue weighted by atomic mass is 19.1. The molecular weight excluding hydrogens is 541 g/mol. The summed E-state index contributed by atoms with van der Waals surface area (Å²) in [6.07, 6.45) is 3.86. The summed E-state index contributed by atoms with van der Waals surface area (Å²) in [5.41, 5.74) is -5.16. The Morgan fingerprint density at radius 2 is 1.95 bits per heavy atom. The molecule has 0 aromatic carbocycles. The van der Waals surface area contributed by atoms with Crippen LogP contribution in [0.2, 0.25) is 0 Å². The number of halogens is 1. The van der Waals surface area contributed by atoms with Gasteiger partial charge in [-0.1, -0.05) is 18.6 Å². The first-order chi connectivity index (χ1) is 19.1. The first kappa shape index (κ1) is 29.8. The Labute approximate surface area is 237 Å². The van der Waals surface area contributed by atoms with Gasteiger partial charge in [-0.25, -0.2) is 4.39 Å². The van der Waals surface area contributed by atoms with Crippen LogP contribution in [0.25, 0.3) is 0 Å². The standard InChI is InChI=1S/C29H38FNO10/c1-25(2)40-23-14-20-19-9-8-17-13-18(32)10-11-26(17,3)28(19,30)21(33)15-27(20,4)29(23,41-25)22(34)16-38-24(35)7-5-6-12-39-31(36)37/h10-11,13,19-21,23,33H,5-9,12,14-16H2,1-4H3/t19?,20-,21-,23+,26-,27-,28-,29+/m0/s1. The molecule has 0 bridgehead atoms. The third-order valence-corrected chi connectivity index (χ3v) is 10.4. The Morgan fingerprint density at radius 1 is 1.22 bits per heavy atom. The van der Waals surface area contributed by atoms with Crippen LogP contribution < -0.4 is 0 Å². The molecule has 1 saturated heterocycles. The van der Waals surface area contributed by atoms with Crippen molar-refractivity contribution in [2.75, 3.05) is 13.2 Å².